The first kappa shape index (κ1) is 27.6. The quantitative estimate of drug-likeness (QED) is 0.349. The van der Waals surface area contributed by atoms with E-state index in [-0.39, 0.29) is 36.2 Å². The molecule has 1 unspecified atom stereocenters. The molecule has 1 aliphatic carbocycles. The normalized spacial score (nSPS) is 44.8. The van der Waals surface area contributed by atoms with Gasteiger partial charge in [0.05, 0.1) is 49.7 Å². The van der Waals surface area contributed by atoms with Gasteiger partial charge in [0, 0.05) is 31.2 Å². The monoisotopic (exact) mass is 492 g/mol. The minimum Gasteiger partial charge on any atom is -0.392 e. The van der Waals surface area contributed by atoms with Crippen LogP contribution >= 0.6 is 11.8 Å². The molecule has 0 aromatic heterocycles. The summed E-state index contributed by atoms with van der Waals surface area (Å²) in [4.78, 5) is 5.95. The maximum atomic E-state index is 11.0. The van der Waals surface area contributed by atoms with Crippen LogP contribution in [0.5, 0.6) is 0 Å². The summed E-state index contributed by atoms with van der Waals surface area (Å²) in [6.45, 7) is 8.99. The molecule has 3 aliphatic rings. The molecule has 0 spiro atoms. The van der Waals surface area contributed by atoms with Gasteiger partial charge in [0.1, 0.15) is 12.2 Å². The number of hydrogen-bond acceptors (Lipinski definition) is 10. The first-order valence-corrected chi connectivity index (χ1v) is 13.5. The number of thioether (sulfide) groups is 1. The first-order chi connectivity index (χ1) is 15.7. The Labute approximate surface area is 202 Å². The average molecular weight is 493 g/mol. The van der Waals surface area contributed by atoms with E-state index < -0.39 is 30.6 Å². The van der Waals surface area contributed by atoms with E-state index in [1.165, 1.54) is 0 Å². The smallest absolute Gasteiger partial charge is 0.160 e. The van der Waals surface area contributed by atoms with Gasteiger partial charge in [-0.3, -0.25) is 4.84 Å². The molecule has 3 fully saturated rings. The standard InChI is InChI=1S/C23H44N2O7S/c1-12(2)24-16-10-30-20(9-18(16)28-5)31-19-11-29-14(4)21(22(19)27)25-32-15-7-13(3)23(33-6)17(26)8-15/h12-27H,7-11H2,1-6H3/t13-,14+,15?,16-,17-,18-,19-,20-,21+,22+,23+/m0/s1. The van der Waals surface area contributed by atoms with Crippen LogP contribution in [0.15, 0.2) is 0 Å². The van der Waals surface area contributed by atoms with E-state index >= 15 is 0 Å². The minimum atomic E-state index is -0.824. The lowest BCUT2D eigenvalue weighted by molar-refractivity contribution is -0.265. The Morgan fingerprint density at radius 2 is 1.79 bits per heavy atom. The second kappa shape index (κ2) is 12.8. The van der Waals surface area contributed by atoms with Crippen LogP contribution < -0.4 is 10.8 Å². The molecule has 0 aromatic carbocycles. The molecular weight excluding hydrogens is 448 g/mol. The predicted molar refractivity (Wildman–Crippen MR) is 127 cm³/mol. The van der Waals surface area contributed by atoms with Crippen molar-refractivity contribution in [2.45, 2.75) is 113 Å². The second-order valence-corrected chi connectivity index (χ2v) is 11.0. The molecule has 0 bridgehead atoms. The van der Waals surface area contributed by atoms with Crippen LogP contribution in [-0.2, 0) is 23.8 Å². The molecule has 2 aliphatic heterocycles. The summed E-state index contributed by atoms with van der Waals surface area (Å²) in [7, 11) is 1.70. The molecule has 4 N–H and O–H groups in total. The van der Waals surface area contributed by atoms with E-state index in [4.69, 9.17) is 23.8 Å². The average Bonchev–Trinajstić information content (AvgIpc) is 2.76. The molecule has 0 aromatic rings. The third kappa shape index (κ3) is 7.25. The second-order valence-electron chi connectivity index (χ2n) is 10.0. The highest BCUT2D eigenvalue weighted by atomic mass is 32.2. The summed E-state index contributed by atoms with van der Waals surface area (Å²) in [5, 5.41) is 25.2. The van der Waals surface area contributed by atoms with Crippen molar-refractivity contribution in [3.05, 3.63) is 0 Å². The summed E-state index contributed by atoms with van der Waals surface area (Å²) in [6, 6.07) is -0.0220. The van der Waals surface area contributed by atoms with Gasteiger partial charge in [-0.15, -0.1) is 0 Å². The lowest BCUT2D eigenvalue weighted by atomic mass is 9.86. The Bertz CT molecular complexity index is 577. The number of aliphatic hydroxyl groups excluding tert-OH is 2. The van der Waals surface area contributed by atoms with Crippen LogP contribution in [0.4, 0.5) is 0 Å². The van der Waals surface area contributed by atoms with Crippen molar-refractivity contribution in [3.63, 3.8) is 0 Å². The Balaban J connectivity index is 1.51. The Morgan fingerprint density at radius 3 is 2.42 bits per heavy atom. The highest BCUT2D eigenvalue weighted by Crippen LogP contribution is 2.34. The first-order valence-electron chi connectivity index (χ1n) is 12.2. The van der Waals surface area contributed by atoms with E-state index in [1.54, 1.807) is 18.9 Å². The summed E-state index contributed by atoms with van der Waals surface area (Å²) in [5.74, 6) is 0.350. The molecule has 33 heavy (non-hydrogen) atoms. The van der Waals surface area contributed by atoms with Crippen molar-refractivity contribution in [1.29, 1.82) is 0 Å². The van der Waals surface area contributed by atoms with E-state index in [2.05, 4.69) is 31.6 Å². The Kier molecular flexibility index (Phi) is 10.7. The summed E-state index contributed by atoms with van der Waals surface area (Å²) >= 11 is 1.70. The third-order valence-corrected chi connectivity index (χ3v) is 8.34. The van der Waals surface area contributed by atoms with Gasteiger partial charge in [-0.1, -0.05) is 20.8 Å². The van der Waals surface area contributed by atoms with Crippen molar-refractivity contribution in [2.75, 3.05) is 26.6 Å². The van der Waals surface area contributed by atoms with Crippen LogP contribution in [0.1, 0.15) is 47.0 Å². The number of methoxy groups -OCH3 is 1. The minimum absolute atomic E-state index is 0.0335. The van der Waals surface area contributed by atoms with E-state index in [0.717, 1.165) is 6.42 Å². The van der Waals surface area contributed by atoms with Gasteiger partial charge in [0.2, 0.25) is 0 Å². The SMILES string of the molecule is CO[C@H]1C[C@H](O[C@H]2CO[C@H](C)[C@@H](NOC3C[C@H](C)[C@@H](SC)[C@@H](O)C3)[C@@H]2O)OC[C@@H]1NC(C)C. The lowest BCUT2D eigenvalue weighted by Gasteiger charge is -2.43. The molecule has 9 nitrogen and oxygen atoms in total. The molecule has 194 valence electrons. The molecule has 0 amide bonds. The van der Waals surface area contributed by atoms with Crippen molar-refractivity contribution in [1.82, 2.24) is 10.8 Å². The number of rotatable bonds is 9. The Hall–Kier alpha value is -0.0100. The highest BCUT2D eigenvalue weighted by molar-refractivity contribution is 7.99. The van der Waals surface area contributed by atoms with Crippen molar-refractivity contribution < 1.29 is 34.0 Å². The zero-order chi connectivity index (χ0) is 24.1. The number of ether oxygens (including phenoxy) is 4. The van der Waals surface area contributed by atoms with Crippen LogP contribution in [0.25, 0.3) is 0 Å². The summed E-state index contributed by atoms with van der Waals surface area (Å²) in [5.41, 5.74) is 3.03. The number of aliphatic hydroxyl groups is 2. The summed E-state index contributed by atoms with van der Waals surface area (Å²) in [6.07, 6.45) is 1.39. The van der Waals surface area contributed by atoms with Gasteiger partial charge in [0.25, 0.3) is 0 Å². The maximum Gasteiger partial charge on any atom is 0.160 e. The highest BCUT2D eigenvalue weighted by Gasteiger charge is 2.42. The maximum absolute atomic E-state index is 11.0. The fourth-order valence-corrected chi connectivity index (χ4v) is 6.21. The van der Waals surface area contributed by atoms with E-state index in [0.29, 0.717) is 31.4 Å². The molecule has 2 heterocycles. The van der Waals surface area contributed by atoms with Crippen molar-refractivity contribution >= 4 is 11.8 Å². The molecular formula is C23H44N2O7S. The lowest BCUT2D eigenvalue weighted by Crippen LogP contribution is -2.61. The van der Waals surface area contributed by atoms with E-state index in [1.807, 2.05) is 13.2 Å². The molecule has 3 rings (SSSR count). The molecule has 1 saturated carbocycles. The fourth-order valence-electron chi connectivity index (χ4n) is 5.21. The van der Waals surface area contributed by atoms with Crippen LogP contribution in [0.2, 0.25) is 0 Å². The van der Waals surface area contributed by atoms with Crippen molar-refractivity contribution in [2.24, 2.45) is 5.92 Å². The summed E-state index contributed by atoms with van der Waals surface area (Å²) < 4.78 is 23.6. The fraction of sp³-hybridized carbons (Fsp3) is 1.00. The topological polar surface area (TPSA) is 111 Å². The molecule has 0 radical (unpaired) electrons. The molecule has 10 heteroatoms. The zero-order valence-corrected chi connectivity index (χ0v) is 21.6. The third-order valence-electron chi connectivity index (χ3n) is 7.01. The van der Waals surface area contributed by atoms with Gasteiger partial charge >= 0.3 is 0 Å². The van der Waals surface area contributed by atoms with Gasteiger partial charge < -0.3 is 34.5 Å². The number of nitrogens with one attached hydrogen (secondary N) is 2. The number of hydroxylamine groups is 1. The van der Waals surface area contributed by atoms with Crippen LogP contribution in [0.3, 0.4) is 0 Å². The van der Waals surface area contributed by atoms with Gasteiger partial charge in [-0.2, -0.15) is 17.2 Å². The number of hydrogen-bond donors (Lipinski definition) is 4. The van der Waals surface area contributed by atoms with Gasteiger partial charge in [0.15, 0.2) is 6.29 Å². The van der Waals surface area contributed by atoms with Crippen molar-refractivity contribution in [3.8, 4) is 0 Å². The van der Waals surface area contributed by atoms with Crippen LogP contribution in [0, 0.1) is 5.92 Å². The molecule has 11 atom stereocenters. The molecule has 2 saturated heterocycles. The largest absolute Gasteiger partial charge is 0.392 e. The van der Waals surface area contributed by atoms with Crippen LogP contribution in [-0.4, -0.2) is 103 Å². The zero-order valence-electron chi connectivity index (χ0n) is 20.8. The predicted octanol–water partition coefficient (Wildman–Crippen LogP) is 1.06. The Morgan fingerprint density at radius 1 is 1.03 bits per heavy atom. The van der Waals surface area contributed by atoms with Gasteiger partial charge in [-0.25, -0.2) is 0 Å². The van der Waals surface area contributed by atoms with E-state index in [9.17, 15) is 10.2 Å². The van der Waals surface area contributed by atoms with Gasteiger partial charge in [-0.05, 0) is 25.5 Å².